The number of nitrogens with zero attached hydrogens (tertiary/aromatic N) is 6. The molecule has 1 aliphatic heterocycles. The number of aryl methyl sites for hydroxylation is 3. The highest BCUT2D eigenvalue weighted by molar-refractivity contribution is 5.71. The number of fused-ring (bicyclic) bond motifs is 1. The van der Waals surface area contributed by atoms with E-state index in [-0.39, 0.29) is 30.1 Å². The van der Waals surface area contributed by atoms with Gasteiger partial charge >= 0.3 is 0 Å². The molecule has 1 saturated heterocycles. The highest BCUT2D eigenvalue weighted by atomic mass is 16.5. The summed E-state index contributed by atoms with van der Waals surface area (Å²) in [5.41, 5.74) is 8.78. The Morgan fingerprint density at radius 1 is 1.16 bits per heavy atom. The monoisotopic (exact) mass is 421 g/mol. The van der Waals surface area contributed by atoms with Gasteiger partial charge in [0.05, 0.1) is 12.7 Å². The van der Waals surface area contributed by atoms with Crippen molar-refractivity contribution >= 4 is 17.1 Å². The number of anilines is 1. The standard InChI is InChI=1S/C21H23N7O3/c1-11-4-6-13(7-5-11)15-8-14(10-30-15)18-24-16(31-26-18)9-28-20(29)17-19(25-21(28)22)23-12(2)27(17)3/h4-7,14-15H,8-10H2,1-3H3,(H2,22,25)/t14-,15+/m0/s1. The lowest BCUT2D eigenvalue weighted by Crippen LogP contribution is -2.26. The molecule has 10 heteroatoms. The number of nitrogen functional groups attached to an aromatic ring is 1. The molecule has 160 valence electrons. The van der Waals surface area contributed by atoms with E-state index < -0.39 is 0 Å². The predicted molar refractivity (Wildman–Crippen MR) is 113 cm³/mol. The Labute approximate surface area is 177 Å². The Bertz CT molecular complexity index is 1320. The molecule has 31 heavy (non-hydrogen) atoms. The SMILES string of the molecule is Cc1ccc([C@H]2C[C@H](c3noc(Cn4c(N)nc5nc(C)n(C)c5c4=O)n3)CO2)cc1. The van der Waals surface area contributed by atoms with Crippen LogP contribution in [0.25, 0.3) is 11.2 Å². The van der Waals surface area contributed by atoms with Crippen molar-refractivity contribution < 1.29 is 9.26 Å². The normalized spacial score (nSPS) is 18.8. The fourth-order valence-corrected chi connectivity index (χ4v) is 3.92. The van der Waals surface area contributed by atoms with Crippen molar-refractivity contribution in [3.63, 3.8) is 0 Å². The van der Waals surface area contributed by atoms with Crippen LogP contribution in [0.2, 0.25) is 0 Å². The first kappa shape index (κ1) is 19.4. The molecule has 4 heterocycles. The molecule has 0 amide bonds. The Kier molecular flexibility index (Phi) is 4.58. The minimum Gasteiger partial charge on any atom is -0.373 e. The van der Waals surface area contributed by atoms with Crippen molar-refractivity contribution in [2.75, 3.05) is 12.3 Å². The lowest BCUT2D eigenvalue weighted by molar-refractivity contribution is 0.110. The maximum Gasteiger partial charge on any atom is 0.281 e. The van der Waals surface area contributed by atoms with Crippen LogP contribution in [0, 0.1) is 13.8 Å². The molecule has 0 aliphatic carbocycles. The van der Waals surface area contributed by atoms with Gasteiger partial charge in [0.25, 0.3) is 5.56 Å². The van der Waals surface area contributed by atoms with Crippen LogP contribution in [-0.4, -0.2) is 35.8 Å². The first-order valence-electron chi connectivity index (χ1n) is 10.1. The number of aromatic nitrogens is 6. The van der Waals surface area contributed by atoms with E-state index in [0.29, 0.717) is 35.3 Å². The number of ether oxygens (including phenoxy) is 1. The first-order chi connectivity index (χ1) is 14.9. The van der Waals surface area contributed by atoms with Gasteiger partial charge in [0, 0.05) is 13.0 Å². The molecule has 1 fully saturated rings. The predicted octanol–water partition coefficient (Wildman–Crippen LogP) is 2.01. The minimum absolute atomic E-state index is 0.00509. The van der Waals surface area contributed by atoms with Gasteiger partial charge in [0.15, 0.2) is 17.0 Å². The van der Waals surface area contributed by atoms with Gasteiger partial charge in [-0.3, -0.25) is 9.36 Å². The van der Waals surface area contributed by atoms with E-state index in [0.717, 1.165) is 12.0 Å². The minimum atomic E-state index is -0.297. The van der Waals surface area contributed by atoms with Crippen LogP contribution >= 0.6 is 0 Å². The molecule has 2 N–H and O–H groups in total. The quantitative estimate of drug-likeness (QED) is 0.530. The highest BCUT2D eigenvalue weighted by Gasteiger charge is 2.31. The summed E-state index contributed by atoms with van der Waals surface area (Å²) in [6, 6.07) is 8.33. The molecule has 0 unspecified atom stereocenters. The lowest BCUT2D eigenvalue weighted by atomic mass is 9.99. The van der Waals surface area contributed by atoms with E-state index in [1.807, 2.05) is 0 Å². The van der Waals surface area contributed by atoms with E-state index in [1.165, 1.54) is 10.1 Å². The van der Waals surface area contributed by atoms with Crippen molar-refractivity contribution in [3.05, 3.63) is 63.3 Å². The van der Waals surface area contributed by atoms with Crippen molar-refractivity contribution in [1.29, 1.82) is 0 Å². The average molecular weight is 421 g/mol. The zero-order chi connectivity index (χ0) is 21.7. The van der Waals surface area contributed by atoms with Crippen LogP contribution in [-0.2, 0) is 18.3 Å². The van der Waals surface area contributed by atoms with Crippen molar-refractivity contribution in [1.82, 2.24) is 29.2 Å². The summed E-state index contributed by atoms with van der Waals surface area (Å²) in [5, 5.41) is 4.12. The molecule has 1 aromatic carbocycles. The molecular formula is C21H23N7O3. The summed E-state index contributed by atoms with van der Waals surface area (Å²) in [4.78, 5) is 26.0. The van der Waals surface area contributed by atoms with Gasteiger partial charge in [-0.05, 0) is 25.8 Å². The number of benzene rings is 1. The van der Waals surface area contributed by atoms with E-state index in [4.69, 9.17) is 15.0 Å². The smallest absolute Gasteiger partial charge is 0.281 e. The van der Waals surface area contributed by atoms with Gasteiger partial charge < -0.3 is 19.6 Å². The van der Waals surface area contributed by atoms with Gasteiger partial charge in [-0.25, -0.2) is 4.98 Å². The fourth-order valence-electron chi connectivity index (χ4n) is 3.92. The number of imidazole rings is 1. The van der Waals surface area contributed by atoms with E-state index in [9.17, 15) is 4.79 Å². The number of nitrogens with two attached hydrogens (primary N) is 1. The van der Waals surface area contributed by atoms with Crippen LogP contribution in [0.5, 0.6) is 0 Å². The average Bonchev–Trinajstić information content (AvgIpc) is 3.46. The van der Waals surface area contributed by atoms with E-state index >= 15 is 0 Å². The van der Waals surface area contributed by atoms with Gasteiger partial charge in [0.2, 0.25) is 11.8 Å². The summed E-state index contributed by atoms with van der Waals surface area (Å²) in [7, 11) is 1.77. The number of hydrogen-bond acceptors (Lipinski definition) is 8. The van der Waals surface area contributed by atoms with Gasteiger partial charge in [-0.15, -0.1) is 0 Å². The second-order valence-electron chi connectivity index (χ2n) is 7.96. The lowest BCUT2D eigenvalue weighted by Gasteiger charge is -2.09. The van der Waals surface area contributed by atoms with Crippen molar-refractivity contribution in [2.24, 2.45) is 7.05 Å². The third-order valence-corrected chi connectivity index (χ3v) is 5.83. The Morgan fingerprint density at radius 3 is 2.71 bits per heavy atom. The van der Waals surface area contributed by atoms with Crippen LogP contribution < -0.4 is 11.3 Å². The van der Waals surface area contributed by atoms with E-state index in [2.05, 4.69) is 51.3 Å². The fraction of sp³-hybridized carbons (Fsp3) is 0.381. The molecule has 0 saturated carbocycles. The first-order valence-corrected chi connectivity index (χ1v) is 10.1. The number of rotatable bonds is 4. The third kappa shape index (κ3) is 3.38. The molecule has 3 aromatic heterocycles. The molecule has 10 nitrogen and oxygen atoms in total. The van der Waals surface area contributed by atoms with Gasteiger partial charge in [-0.1, -0.05) is 35.0 Å². The van der Waals surface area contributed by atoms with Crippen molar-refractivity contribution in [3.8, 4) is 0 Å². The van der Waals surface area contributed by atoms with Crippen LogP contribution in [0.15, 0.2) is 33.6 Å². The highest BCUT2D eigenvalue weighted by Crippen LogP contribution is 2.37. The second kappa shape index (κ2) is 7.31. The zero-order valence-corrected chi connectivity index (χ0v) is 17.6. The Morgan fingerprint density at radius 2 is 1.94 bits per heavy atom. The molecule has 0 spiro atoms. The van der Waals surface area contributed by atoms with Crippen molar-refractivity contribution in [2.45, 2.75) is 38.8 Å². The topological polar surface area (TPSA) is 127 Å². The van der Waals surface area contributed by atoms with Gasteiger partial charge in [-0.2, -0.15) is 9.97 Å². The van der Waals surface area contributed by atoms with Crippen LogP contribution in [0.4, 0.5) is 5.95 Å². The summed E-state index contributed by atoms with van der Waals surface area (Å²) in [6.45, 7) is 4.42. The van der Waals surface area contributed by atoms with Crippen LogP contribution in [0.3, 0.4) is 0 Å². The molecule has 0 radical (unpaired) electrons. The summed E-state index contributed by atoms with van der Waals surface area (Å²) >= 11 is 0. The molecule has 2 atom stereocenters. The van der Waals surface area contributed by atoms with Crippen LogP contribution in [0.1, 0.15) is 47.1 Å². The molecule has 0 bridgehead atoms. The summed E-state index contributed by atoms with van der Waals surface area (Å²) in [6.07, 6.45) is 0.775. The number of hydrogen-bond donors (Lipinski definition) is 1. The molecule has 4 aromatic rings. The molecular weight excluding hydrogens is 398 g/mol. The van der Waals surface area contributed by atoms with E-state index in [1.54, 1.807) is 18.5 Å². The Balaban J connectivity index is 1.37. The maximum absolute atomic E-state index is 12.9. The largest absolute Gasteiger partial charge is 0.373 e. The van der Waals surface area contributed by atoms with Gasteiger partial charge in [0.1, 0.15) is 12.4 Å². The molecule has 1 aliphatic rings. The second-order valence-corrected chi connectivity index (χ2v) is 7.96. The summed E-state index contributed by atoms with van der Waals surface area (Å²) < 4.78 is 14.4. The molecule has 5 rings (SSSR count). The maximum atomic E-state index is 12.9. The summed E-state index contributed by atoms with van der Waals surface area (Å²) in [5.74, 6) is 1.63. The zero-order valence-electron chi connectivity index (χ0n) is 17.6. The Hall–Kier alpha value is -3.53. The third-order valence-electron chi connectivity index (χ3n) is 5.83.